The maximum Gasteiger partial charge on any atom is 0.273 e. The lowest BCUT2D eigenvalue weighted by molar-refractivity contribution is -0.142. The number of hydrogen-bond acceptors (Lipinski definition) is 8. The number of likely N-dealkylation sites (tertiary alicyclic amines) is 1. The Bertz CT molecular complexity index is 1520. The van der Waals surface area contributed by atoms with Crippen LogP contribution in [0, 0.1) is 27.6 Å². The maximum atomic E-state index is 14.5. The van der Waals surface area contributed by atoms with Gasteiger partial charge in [0, 0.05) is 17.9 Å². The minimum absolute atomic E-state index is 0.0192. The molecule has 13 heteroatoms. The van der Waals surface area contributed by atoms with E-state index in [1.54, 1.807) is 11.0 Å². The van der Waals surface area contributed by atoms with Crippen molar-refractivity contribution in [1.82, 2.24) is 25.2 Å². The van der Waals surface area contributed by atoms with Crippen LogP contribution in [0.5, 0.6) is 0 Å². The molecule has 44 heavy (non-hydrogen) atoms. The van der Waals surface area contributed by atoms with Crippen molar-refractivity contribution in [1.29, 1.82) is 0 Å². The molecule has 4 saturated carbocycles. The molecule has 6 rings (SSSR count). The second kappa shape index (κ2) is 9.64. The molecule has 0 radical (unpaired) electrons. The quantitative estimate of drug-likeness (QED) is 0.350. The Morgan fingerprint density at radius 2 is 1.82 bits per heavy atom. The van der Waals surface area contributed by atoms with Gasteiger partial charge in [-0.05, 0) is 54.8 Å². The Morgan fingerprint density at radius 3 is 2.30 bits per heavy atom. The fourth-order valence-corrected chi connectivity index (χ4v) is 9.79. The van der Waals surface area contributed by atoms with E-state index >= 15 is 0 Å². The van der Waals surface area contributed by atoms with Gasteiger partial charge in [-0.2, -0.15) is 0 Å². The number of nitrogens with zero attached hydrogens (tertiary/aromatic N) is 2. The largest absolute Gasteiger partial charge is 0.451 e. The number of carbonyl (C=O) groups is 4. The maximum absolute atomic E-state index is 14.5. The summed E-state index contributed by atoms with van der Waals surface area (Å²) in [5.41, 5.74) is -2.52. The van der Waals surface area contributed by atoms with Gasteiger partial charge in [-0.25, -0.2) is 13.4 Å². The Balaban J connectivity index is 1.30. The van der Waals surface area contributed by atoms with Gasteiger partial charge >= 0.3 is 0 Å². The van der Waals surface area contributed by atoms with Crippen LogP contribution in [0.4, 0.5) is 0 Å². The molecule has 0 aromatic carbocycles. The van der Waals surface area contributed by atoms with Crippen LogP contribution in [0.3, 0.4) is 0 Å². The predicted molar refractivity (Wildman–Crippen MR) is 159 cm³/mol. The molecule has 4 amide bonds. The first-order valence-electron chi connectivity index (χ1n) is 15.5. The van der Waals surface area contributed by atoms with E-state index in [0.29, 0.717) is 25.8 Å². The third kappa shape index (κ3) is 4.35. The molecule has 1 aromatic rings. The minimum atomic E-state index is -3.83. The van der Waals surface area contributed by atoms with Gasteiger partial charge in [0.1, 0.15) is 23.9 Å². The van der Waals surface area contributed by atoms with Crippen molar-refractivity contribution in [2.75, 3.05) is 6.54 Å². The fraction of sp³-hybridized carbons (Fsp3) is 0.710. The molecule has 1 aromatic heterocycles. The molecule has 5 aliphatic rings. The van der Waals surface area contributed by atoms with Crippen molar-refractivity contribution in [3.8, 4) is 0 Å². The first-order valence-corrected chi connectivity index (χ1v) is 17.0. The van der Waals surface area contributed by atoms with Gasteiger partial charge in [-0.1, -0.05) is 47.1 Å². The third-order valence-electron chi connectivity index (χ3n) is 11.7. The lowest BCUT2D eigenvalue weighted by Crippen LogP contribution is -2.60. The first-order chi connectivity index (χ1) is 20.5. The number of amides is 4. The highest BCUT2D eigenvalue weighted by Crippen LogP contribution is 2.88. The normalized spacial score (nSPS) is 32.0. The standard InChI is InChI=1S/C31H43N5O7S/c1-7-18-13-31(18,26(40)35-44(41,42)19-9-10-19)34-24(38)21-14-30(28(5,6)29(30)11-8-12-29)16-36(21)25(39)22(27(2,3)4)33-23(37)20-15-43-17-32-20/h7,15,17-19,21-22H,1,8-14,16H2,2-6H3,(H,33,37)(H,34,38)(H,35,40)/t18-,21+,22-,30-,31-/m1/s1. The van der Waals surface area contributed by atoms with Crippen LogP contribution in [0.15, 0.2) is 29.7 Å². The van der Waals surface area contributed by atoms with E-state index in [1.165, 1.54) is 6.26 Å². The molecule has 240 valence electrons. The summed E-state index contributed by atoms with van der Waals surface area (Å²) in [7, 11) is -3.83. The van der Waals surface area contributed by atoms with Crippen molar-refractivity contribution in [3.05, 3.63) is 31.0 Å². The zero-order valence-electron chi connectivity index (χ0n) is 26.1. The van der Waals surface area contributed by atoms with Gasteiger partial charge in [0.15, 0.2) is 12.1 Å². The third-order valence-corrected chi connectivity index (χ3v) is 13.5. The number of rotatable bonds is 9. The molecular formula is C31H43N5O7S. The summed E-state index contributed by atoms with van der Waals surface area (Å²) in [4.78, 5) is 60.6. The average molecular weight is 630 g/mol. The van der Waals surface area contributed by atoms with Gasteiger partial charge in [-0.15, -0.1) is 6.58 Å². The number of hydrogen-bond donors (Lipinski definition) is 3. The van der Waals surface area contributed by atoms with Crippen LogP contribution in [0.2, 0.25) is 0 Å². The highest BCUT2D eigenvalue weighted by atomic mass is 32.2. The van der Waals surface area contributed by atoms with E-state index in [1.807, 2.05) is 20.8 Å². The Labute approximate surface area is 258 Å². The summed E-state index contributed by atoms with van der Waals surface area (Å²) >= 11 is 0. The number of fused-ring (bicyclic) bond motifs is 1. The van der Waals surface area contributed by atoms with Gasteiger partial charge in [0.05, 0.1) is 5.25 Å². The number of nitrogens with one attached hydrogen (secondary N) is 3. The zero-order valence-corrected chi connectivity index (χ0v) is 26.9. The number of carbonyl (C=O) groups excluding carboxylic acids is 4. The Hall–Kier alpha value is -3.22. The topological polar surface area (TPSA) is 168 Å². The van der Waals surface area contributed by atoms with Crippen molar-refractivity contribution >= 4 is 33.7 Å². The van der Waals surface area contributed by atoms with Crippen LogP contribution in [-0.4, -0.2) is 71.3 Å². The average Bonchev–Trinajstić information content (AvgIpc) is 3.83. The molecule has 5 atom stereocenters. The molecule has 1 saturated heterocycles. The van der Waals surface area contributed by atoms with E-state index in [0.717, 1.165) is 25.7 Å². The van der Waals surface area contributed by atoms with Crippen LogP contribution in [0.1, 0.15) is 90.1 Å². The Kier molecular flexibility index (Phi) is 6.75. The molecular weight excluding hydrogens is 586 g/mol. The first kappa shape index (κ1) is 30.8. The highest BCUT2D eigenvalue weighted by Gasteiger charge is 2.85. The summed E-state index contributed by atoms with van der Waals surface area (Å²) in [5.74, 6) is -2.69. The van der Waals surface area contributed by atoms with E-state index in [9.17, 15) is 27.6 Å². The predicted octanol–water partition coefficient (Wildman–Crippen LogP) is 2.29. The number of oxazole rings is 1. The summed E-state index contributed by atoms with van der Waals surface area (Å²) in [6.45, 7) is 14.1. The zero-order chi connectivity index (χ0) is 32.1. The summed E-state index contributed by atoms with van der Waals surface area (Å²) < 4.78 is 32.4. The fourth-order valence-electron chi connectivity index (χ4n) is 8.43. The molecule has 2 heterocycles. The SMILES string of the molecule is C=C[C@@H]1C[C@]1(NC(=O)[C@@H]1C[C@@]2(CN1C(=O)[C@@H](NC(=O)c1cocn1)C(C)(C)C)C(C)(C)C21CCC1)C(=O)NS(=O)(=O)C1CC1. The number of aromatic nitrogens is 1. The van der Waals surface area contributed by atoms with Crippen LogP contribution in [-0.2, 0) is 24.4 Å². The Morgan fingerprint density at radius 1 is 1.14 bits per heavy atom. The lowest BCUT2D eigenvalue weighted by Gasteiger charge is -2.36. The molecule has 12 nitrogen and oxygen atoms in total. The van der Waals surface area contributed by atoms with Crippen LogP contribution < -0.4 is 15.4 Å². The molecule has 2 spiro atoms. The van der Waals surface area contributed by atoms with E-state index in [-0.39, 0.29) is 28.4 Å². The minimum Gasteiger partial charge on any atom is -0.451 e. The lowest BCUT2D eigenvalue weighted by atomic mass is 9.73. The molecule has 1 aliphatic heterocycles. The van der Waals surface area contributed by atoms with Gasteiger partial charge in [-0.3, -0.25) is 23.9 Å². The van der Waals surface area contributed by atoms with E-state index in [2.05, 4.69) is 40.8 Å². The summed E-state index contributed by atoms with van der Waals surface area (Å²) in [6.07, 6.45) is 8.64. The summed E-state index contributed by atoms with van der Waals surface area (Å²) in [5, 5.41) is 5.11. The van der Waals surface area contributed by atoms with E-state index in [4.69, 9.17) is 4.42 Å². The monoisotopic (exact) mass is 629 g/mol. The van der Waals surface area contributed by atoms with Gasteiger partial charge in [0.25, 0.3) is 11.8 Å². The highest BCUT2D eigenvalue weighted by molar-refractivity contribution is 7.91. The molecule has 0 unspecified atom stereocenters. The van der Waals surface area contributed by atoms with Crippen molar-refractivity contribution in [2.24, 2.45) is 27.6 Å². The molecule has 3 N–H and O–H groups in total. The van der Waals surface area contributed by atoms with Gasteiger partial charge < -0.3 is 20.0 Å². The second-order valence-electron chi connectivity index (χ2n) is 15.2. The van der Waals surface area contributed by atoms with Crippen molar-refractivity contribution in [3.63, 3.8) is 0 Å². The molecule has 5 fully saturated rings. The van der Waals surface area contributed by atoms with Crippen molar-refractivity contribution in [2.45, 2.75) is 102 Å². The second-order valence-corrected chi connectivity index (χ2v) is 17.1. The summed E-state index contributed by atoms with van der Waals surface area (Å²) in [6, 6.07) is -1.90. The van der Waals surface area contributed by atoms with E-state index < -0.39 is 67.9 Å². The van der Waals surface area contributed by atoms with Crippen LogP contribution >= 0.6 is 0 Å². The van der Waals surface area contributed by atoms with Crippen molar-refractivity contribution < 1.29 is 32.0 Å². The van der Waals surface area contributed by atoms with Crippen LogP contribution in [0.25, 0.3) is 0 Å². The number of sulfonamides is 1. The smallest absolute Gasteiger partial charge is 0.273 e. The molecule has 0 bridgehead atoms. The molecule has 4 aliphatic carbocycles. The van der Waals surface area contributed by atoms with Gasteiger partial charge in [0.2, 0.25) is 21.8 Å².